The predicted octanol–water partition coefficient (Wildman–Crippen LogP) is 3.02. The van der Waals surface area contributed by atoms with Crippen molar-refractivity contribution in [2.75, 3.05) is 13.7 Å². The van der Waals surface area contributed by atoms with Crippen molar-refractivity contribution in [3.8, 4) is 0 Å². The first-order valence-electron chi connectivity index (χ1n) is 6.40. The van der Waals surface area contributed by atoms with Gasteiger partial charge in [0.25, 0.3) is 0 Å². The fraction of sp³-hybridized carbons (Fsp3) is 0.429. The van der Waals surface area contributed by atoms with Crippen molar-refractivity contribution in [1.82, 2.24) is 4.90 Å². The van der Waals surface area contributed by atoms with E-state index < -0.39 is 23.8 Å². The maximum absolute atomic E-state index is 12.7. The van der Waals surface area contributed by atoms with E-state index in [0.29, 0.717) is 13.0 Å². The summed E-state index contributed by atoms with van der Waals surface area (Å²) in [6.07, 6.45) is -3.08. The number of thiocarbonyl (C=S) groups is 1. The van der Waals surface area contributed by atoms with E-state index in [4.69, 9.17) is 17.0 Å². The Morgan fingerprint density at radius 1 is 1.43 bits per heavy atom. The molecule has 1 saturated heterocycles. The second-order valence-corrected chi connectivity index (χ2v) is 5.14. The van der Waals surface area contributed by atoms with Gasteiger partial charge < -0.3 is 9.64 Å². The number of hydrogen-bond acceptors (Lipinski definition) is 3. The molecule has 0 N–H and O–H groups in total. The second-order valence-electron chi connectivity index (χ2n) is 4.76. The second kappa shape index (κ2) is 6.01. The number of esters is 1. The van der Waals surface area contributed by atoms with Gasteiger partial charge in [-0.05, 0) is 25.0 Å². The minimum Gasteiger partial charge on any atom is -0.467 e. The molecule has 0 bridgehead atoms. The number of carbonyl (C=O) groups is 1. The van der Waals surface area contributed by atoms with Crippen LogP contribution in [0.3, 0.4) is 0 Å². The predicted molar refractivity (Wildman–Crippen MR) is 74.9 cm³/mol. The van der Waals surface area contributed by atoms with E-state index in [1.807, 2.05) is 0 Å². The van der Waals surface area contributed by atoms with E-state index in [1.54, 1.807) is 4.90 Å². The number of hydrogen-bond donors (Lipinski definition) is 0. The van der Waals surface area contributed by atoms with Gasteiger partial charge in [0, 0.05) is 12.1 Å². The van der Waals surface area contributed by atoms with E-state index >= 15 is 0 Å². The highest BCUT2D eigenvalue weighted by Gasteiger charge is 2.35. The molecular formula is C14H14F3NO2S. The summed E-state index contributed by atoms with van der Waals surface area (Å²) in [7, 11) is 1.28. The van der Waals surface area contributed by atoms with Crippen LogP contribution in [0.2, 0.25) is 0 Å². The van der Waals surface area contributed by atoms with Crippen LogP contribution in [0.25, 0.3) is 0 Å². The standard InChI is InChI=1S/C14H14F3NO2S/c1-20-13(19)11-6-3-7-18(11)12(21)9-4-2-5-10(8-9)14(15,16)17/h2,4-5,8,11H,3,6-7H2,1H3. The average Bonchev–Trinajstić information content (AvgIpc) is 2.94. The molecule has 0 radical (unpaired) electrons. The van der Waals surface area contributed by atoms with E-state index in [1.165, 1.54) is 19.2 Å². The molecule has 7 heteroatoms. The molecule has 0 amide bonds. The molecule has 0 spiro atoms. The monoisotopic (exact) mass is 317 g/mol. The summed E-state index contributed by atoms with van der Waals surface area (Å²) in [4.78, 5) is 13.6. The normalized spacial score (nSPS) is 18.7. The van der Waals surface area contributed by atoms with Crippen LogP contribution in [-0.4, -0.2) is 35.6 Å². The number of alkyl halides is 3. The molecule has 0 saturated carbocycles. The molecule has 1 atom stereocenters. The van der Waals surface area contributed by atoms with Gasteiger partial charge >= 0.3 is 12.1 Å². The first kappa shape index (κ1) is 15.8. The summed E-state index contributed by atoms with van der Waals surface area (Å²) in [6, 6.07) is 4.32. The van der Waals surface area contributed by atoms with Crippen molar-refractivity contribution < 1.29 is 22.7 Å². The van der Waals surface area contributed by atoms with Crippen LogP contribution in [0.15, 0.2) is 24.3 Å². The van der Waals surface area contributed by atoms with Gasteiger partial charge in [0.05, 0.1) is 12.7 Å². The maximum Gasteiger partial charge on any atom is 0.416 e. The molecule has 1 aliphatic rings. The number of carbonyl (C=O) groups excluding carboxylic acids is 1. The summed E-state index contributed by atoms with van der Waals surface area (Å²) >= 11 is 5.26. The molecule has 114 valence electrons. The van der Waals surface area contributed by atoms with Crippen LogP contribution in [0.4, 0.5) is 13.2 Å². The Morgan fingerprint density at radius 2 is 2.14 bits per heavy atom. The van der Waals surface area contributed by atoms with Gasteiger partial charge in [0.15, 0.2) is 0 Å². The zero-order chi connectivity index (χ0) is 15.6. The molecule has 1 aromatic rings. The molecular weight excluding hydrogens is 303 g/mol. The molecule has 1 aromatic carbocycles. The first-order chi connectivity index (χ1) is 9.84. The number of rotatable bonds is 2. The largest absolute Gasteiger partial charge is 0.467 e. The topological polar surface area (TPSA) is 29.5 Å². The van der Waals surface area contributed by atoms with Gasteiger partial charge in [-0.2, -0.15) is 13.2 Å². The van der Waals surface area contributed by atoms with Crippen LogP contribution in [0, 0.1) is 0 Å². The lowest BCUT2D eigenvalue weighted by atomic mass is 10.1. The van der Waals surface area contributed by atoms with Crippen molar-refractivity contribution in [2.24, 2.45) is 0 Å². The number of nitrogens with zero attached hydrogens (tertiary/aromatic N) is 1. The highest BCUT2D eigenvalue weighted by atomic mass is 32.1. The first-order valence-corrected chi connectivity index (χ1v) is 6.81. The van der Waals surface area contributed by atoms with Crippen molar-refractivity contribution in [2.45, 2.75) is 25.1 Å². The Hall–Kier alpha value is -1.63. The zero-order valence-corrected chi connectivity index (χ0v) is 12.1. The third-order valence-electron chi connectivity index (χ3n) is 3.42. The quantitative estimate of drug-likeness (QED) is 0.619. The van der Waals surface area contributed by atoms with E-state index in [-0.39, 0.29) is 10.6 Å². The summed E-state index contributed by atoms with van der Waals surface area (Å²) in [5.74, 6) is -0.415. The summed E-state index contributed by atoms with van der Waals surface area (Å²) in [5, 5.41) is 0. The molecule has 1 aliphatic heterocycles. The fourth-order valence-corrected chi connectivity index (χ4v) is 2.73. The Balaban J connectivity index is 2.26. The van der Waals surface area contributed by atoms with Crippen LogP contribution in [0.1, 0.15) is 24.0 Å². The Kier molecular flexibility index (Phi) is 4.51. The summed E-state index contributed by atoms with van der Waals surface area (Å²) in [6.45, 7) is 0.537. The smallest absolute Gasteiger partial charge is 0.416 e. The fourth-order valence-electron chi connectivity index (χ4n) is 2.39. The van der Waals surface area contributed by atoms with Crippen LogP contribution < -0.4 is 0 Å². The van der Waals surface area contributed by atoms with Crippen molar-refractivity contribution in [1.29, 1.82) is 0 Å². The van der Waals surface area contributed by atoms with Gasteiger partial charge in [0.1, 0.15) is 11.0 Å². The summed E-state index contributed by atoms with van der Waals surface area (Å²) in [5.41, 5.74) is -0.466. The number of halogens is 3. The van der Waals surface area contributed by atoms with Crippen molar-refractivity contribution in [3.05, 3.63) is 35.4 Å². The van der Waals surface area contributed by atoms with E-state index in [9.17, 15) is 18.0 Å². The SMILES string of the molecule is COC(=O)C1CCCN1C(=S)c1cccc(C(F)(F)F)c1. The lowest BCUT2D eigenvalue weighted by Gasteiger charge is -2.25. The van der Waals surface area contributed by atoms with Crippen LogP contribution >= 0.6 is 12.2 Å². The lowest BCUT2D eigenvalue weighted by molar-refractivity contribution is -0.144. The summed E-state index contributed by atoms with van der Waals surface area (Å²) < 4.78 is 42.9. The Labute approximate surface area is 125 Å². The van der Waals surface area contributed by atoms with Crippen LogP contribution in [-0.2, 0) is 15.7 Å². The minimum atomic E-state index is -4.42. The van der Waals surface area contributed by atoms with Gasteiger partial charge in [-0.3, -0.25) is 0 Å². The van der Waals surface area contributed by atoms with Crippen LogP contribution in [0.5, 0.6) is 0 Å². The van der Waals surface area contributed by atoms with Gasteiger partial charge in [-0.1, -0.05) is 24.4 Å². The van der Waals surface area contributed by atoms with Crippen molar-refractivity contribution >= 4 is 23.2 Å². The average molecular weight is 317 g/mol. The molecule has 1 fully saturated rings. The maximum atomic E-state index is 12.7. The molecule has 1 heterocycles. The number of methoxy groups -OCH3 is 1. The zero-order valence-electron chi connectivity index (χ0n) is 11.3. The highest BCUT2D eigenvalue weighted by Crippen LogP contribution is 2.30. The van der Waals surface area contributed by atoms with Crippen molar-refractivity contribution in [3.63, 3.8) is 0 Å². The lowest BCUT2D eigenvalue weighted by Crippen LogP contribution is -2.40. The van der Waals surface area contributed by atoms with E-state index in [0.717, 1.165) is 18.6 Å². The Bertz CT molecular complexity index is 559. The van der Waals surface area contributed by atoms with Gasteiger partial charge in [-0.15, -0.1) is 0 Å². The molecule has 2 rings (SSSR count). The van der Waals surface area contributed by atoms with Gasteiger partial charge in [-0.25, -0.2) is 4.79 Å². The minimum absolute atomic E-state index is 0.244. The molecule has 0 aliphatic carbocycles. The Morgan fingerprint density at radius 3 is 2.76 bits per heavy atom. The third kappa shape index (κ3) is 3.34. The molecule has 3 nitrogen and oxygen atoms in total. The number of ether oxygens (including phenoxy) is 1. The van der Waals surface area contributed by atoms with E-state index in [2.05, 4.69) is 0 Å². The molecule has 1 unspecified atom stereocenters. The molecule has 0 aromatic heterocycles. The highest BCUT2D eigenvalue weighted by molar-refractivity contribution is 7.80. The van der Waals surface area contributed by atoms with Gasteiger partial charge in [0.2, 0.25) is 0 Å². The molecule has 21 heavy (non-hydrogen) atoms. The number of benzene rings is 1. The number of likely N-dealkylation sites (tertiary alicyclic amines) is 1. The third-order valence-corrected chi connectivity index (χ3v) is 3.89.